The molecule has 2 aromatic rings. The normalized spacial score (nSPS) is 11.3. The maximum atomic E-state index is 12.0. The topological polar surface area (TPSA) is 84.9 Å². The van der Waals surface area contributed by atoms with Gasteiger partial charge in [0.1, 0.15) is 11.5 Å². The number of amides is 1. The number of carbonyl (C=O) groups excluding carboxylic acids is 1. The first-order valence-electron chi connectivity index (χ1n) is 8.42. The number of hydrogen-bond donors (Lipinski definition) is 1. The fourth-order valence-electron chi connectivity index (χ4n) is 2.24. The zero-order valence-electron chi connectivity index (χ0n) is 15.6. The molecular weight excluding hydrogens is 368 g/mol. The lowest BCUT2D eigenvalue weighted by Crippen LogP contribution is -2.22. The quantitative estimate of drug-likeness (QED) is 0.663. The minimum atomic E-state index is -3.47. The monoisotopic (exact) mass is 392 g/mol. The third-order valence-electron chi connectivity index (χ3n) is 3.79. The highest BCUT2D eigenvalue weighted by Crippen LogP contribution is 2.18. The molecule has 0 saturated heterocycles. The minimum absolute atomic E-state index is 0.156. The molecule has 0 atom stereocenters. The van der Waals surface area contributed by atoms with Gasteiger partial charge in [0, 0.05) is 26.2 Å². The summed E-state index contributed by atoms with van der Waals surface area (Å²) in [6, 6.07) is 13.3. The minimum Gasteiger partial charge on any atom is -0.497 e. The van der Waals surface area contributed by atoms with E-state index in [1.54, 1.807) is 19.2 Å². The fourth-order valence-corrected chi connectivity index (χ4v) is 3.14. The summed E-state index contributed by atoms with van der Waals surface area (Å²) >= 11 is 0. The fraction of sp³-hybridized carbons (Fsp3) is 0.316. The highest BCUT2D eigenvalue weighted by molar-refractivity contribution is 7.89. The largest absolute Gasteiger partial charge is 0.497 e. The number of benzene rings is 2. The first-order chi connectivity index (χ1) is 12.8. The van der Waals surface area contributed by atoms with Crippen molar-refractivity contribution in [2.75, 3.05) is 33.1 Å². The predicted molar refractivity (Wildman–Crippen MR) is 104 cm³/mol. The number of hydrogen-bond acceptors (Lipinski definition) is 5. The average molecular weight is 392 g/mol. The number of rotatable bonds is 9. The van der Waals surface area contributed by atoms with Crippen LogP contribution < -0.4 is 14.8 Å². The molecule has 0 fully saturated rings. The van der Waals surface area contributed by atoms with Crippen molar-refractivity contribution in [3.05, 3.63) is 48.5 Å². The molecule has 0 bridgehead atoms. The molecule has 0 aromatic heterocycles. The molecule has 146 valence electrons. The third-order valence-corrected chi connectivity index (χ3v) is 5.62. The van der Waals surface area contributed by atoms with Gasteiger partial charge in [-0.15, -0.1) is 0 Å². The SMILES string of the molecule is COc1ccc(OCCCC(=O)Nc2ccc(S(=O)(=O)N(C)C)cc2)cc1. The summed E-state index contributed by atoms with van der Waals surface area (Å²) in [5.41, 5.74) is 0.550. The summed E-state index contributed by atoms with van der Waals surface area (Å²) in [5.74, 6) is 1.32. The van der Waals surface area contributed by atoms with Crippen molar-refractivity contribution < 1.29 is 22.7 Å². The Morgan fingerprint density at radius 1 is 1.00 bits per heavy atom. The first kappa shape index (κ1) is 20.7. The van der Waals surface area contributed by atoms with Crippen molar-refractivity contribution in [1.82, 2.24) is 4.31 Å². The van der Waals surface area contributed by atoms with E-state index in [2.05, 4.69) is 5.32 Å². The second-order valence-electron chi connectivity index (χ2n) is 5.99. The van der Waals surface area contributed by atoms with Crippen LogP contribution in [0.5, 0.6) is 11.5 Å². The maximum Gasteiger partial charge on any atom is 0.242 e. The lowest BCUT2D eigenvalue weighted by molar-refractivity contribution is -0.116. The van der Waals surface area contributed by atoms with Crippen molar-refractivity contribution in [2.45, 2.75) is 17.7 Å². The number of nitrogens with zero attached hydrogens (tertiary/aromatic N) is 1. The molecule has 0 aliphatic carbocycles. The Kier molecular flexibility index (Phi) is 7.20. The van der Waals surface area contributed by atoms with E-state index < -0.39 is 10.0 Å². The van der Waals surface area contributed by atoms with E-state index in [4.69, 9.17) is 9.47 Å². The van der Waals surface area contributed by atoms with Gasteiger partial charge in [0.25, 0.3) is 0 Å². The van der Waals surface area contributed by atoms with Crippen LogP contribution in [-0.2, 0) is 14.8 Å². The van der Waals surface area contributed by atoms with Gasteiger partial charge in [-0.05, 0) is 55.0 Å². The number of methoxy groups -OCH3 is 1. The summed E-state index contributed by atoms with van der Waals surface area (Å²) in [7, 11) is 1.07. The number of ether oxygens (including phenoxy) is 2. The smallest absolute Gasteiger partial charge is 0.242 e. The highest BCUT2D eigenvalue weighted by Gasteiger charge is 2.16. The molecule has 2 aromatic carbocycles. The Morgan fingerprint density at radius 3 is 2.15 bits per heavy atom. The van der Waals surface area contributed by atoms with Crippen LogP contribution >= 0.6 is 0 Å². The number of sulfonamides is 1. The Bertz CT molecular complexity index is 847. The zero-order valence-corrected chi connectivity index (χ0v) is 16.5. The Morgan fingerprint density at radius 2 is 1.59 bits per heavy atom. The molecule has 1 amide bonds. The van der Waals surface area contributed by atoms with Crippen molar-refractivity contribution >= 4 is 21.6 Å². The zero-order chi connectivity index (χ0) is 19.9. The van der Waals surface area contributed by atoms with E-state index in [-0.39, 0.29) is 10.8 Å². The van der Waals surface area contributed by atoms with E-state index in [0.29, 0.717) is 30.9 Å². The molecule has 0 saturated carbocycles. The third kappa shape index (κ3) is 5.97. The maximum absolute atomic E-state index is 12.0. The van der Waals surface area contributed by atoms with Gasteiger partial charge >= 0.3 is 0 Å². The van der Waals surface area contributed by atoms with Crippen molar-refractivity contribution in [3.63, 3.8) is 0 Å². The lowest BCUT2D eigenvalue weighted by atomic mass is 10.2. The molecule has 0 aliphatic heterocycles. The standard InChI is InChI=1S/C19H24N2O5S/c1-21(2)27(23,24)18-12-6-15(7-13-18)20-19(22)5-4-14-26-17-10-8-16(25-3)9-11-17/h6-13H,4-5,14H2,1-3H3,(H,20,22). The van der Waals surface area contributed by atoms with Crippen LogP contribution in [0.15, 0.2) is 53.4 Å². The van der Waals surface area contributed by atoms with Gasteiger partial charge in [0.15, 0.2) is 0 Å². The van der Waals surface area contributed by atoms with Gasteiger partial charge in [0.05, 0.1) is 18.6 Å². The van der Waals surface area contributed by atoms with Crippen LogP contribution in [0.2, 0.25) is 0 Å². The Hall–Kier alpha value is -2.58. The van der Waals surface area contributed by atoms with Crippen LogP contribution in [0.25, 0.3) is 0 Å². The molecule has 7 nitrogen and oxygen atoms in total. The van der Waals surface area contributed by atoms with E-state index in [1.807, 2.05) is 24.3 Å². The van der Waals surface area contributed by atoms with E-state index >= 15 is 0 Å². The van der Waals surface area contributed by atoms with Crippen LogP contribution in [0.4, 0.5) is 5.69 Å². The van der Waals surface area contributed by atoms with Crippen molar-refractivity contribution in [3.8, 4) is 11.5 Å². The molecule has 0 aliphatic rings. The molecule has 8 heteroatoms. The van der Waals surface area contributed by atoms with Crippen LogP contribution in [0.3, 0.4) is 0 Å². The molecule has 0 unspecified atom stereocenters. The Labute approximate surface area is 160 Å². The van der Waals surface area contributed by atoms with Gasteiger partial charge < -0.3 is 14.8 Å². The van der Waals surface area contributed by atoms with Gasteiger partial charge in [-0.1, -0.05) is 0 Å². The summed E-state index contributed by atoms with van der Waals surface area (Å²) in [6.07, 6.45) is 0.860. The van der Waals surface area contributed by atoms with E-state index in [1.165, 1.54) is 26.2 Å². The molecule has 2 rings (SSSR count). The van der Waals surface area contributed by atoms with Crippen molar-refractivity contribution in [2.24, 2.45) is 0 Å². The van der Waals surface area contributed by atoms with Crippen LogP contribution in [0.1, 0.15) is 12.8 Å². The van der Waals surface area contributed by atoms with E-state index in [0.717, 1.165) is 10.1 Å². The number of carbonyl (C=O) groups is 1. The van der Waals surface area contributed by atoms with Gasteiger partial charge in [-0.2, -0.15) is 0 Å². The average Bonchev–Trinajstić information content (AvgIpc) is 2.66. The van der Waals surface area contributed by atoms with Gasteiger partial charge in [-0.3, -0.25) is 4.79 Å². The molecule has 0 radical (unpaired) electrons. The summed E-state index contributed by atoms with van der Waals surface area (Å²) in [4.78, 5) is 12.2. The second kappa shape index (κ2) is 9.38. The Balaban J connectivity index is 1.77. The summed E-state index contributed by atoms with van der Waals surface area (Å²) in [6.45, 7) is 0.416. The molecule has 0 heterocycles. The molecule has 1 N–H and O–H groups in total. The van der Waals surface area contributed by atoms with Crippen molar-refractivity contribution in [1.29, 1.82) is 0 Å². The summed E-state index contributed by atoms with van der Waals surface area (Å²) < 4.78 is 35.8. The second-order valence-corrected chi connectivity index (χ2v) is 8.14. The number of anilines is 1. The summed E-state index contributed by atoms with van der Waals surface area (Å²) in [5, 5.41) is 2.74. The number of nitrogens with one attached hydrogen (secondary N) is 1. The molecule has 27 heavy (non-hydrogen) atoms. The lowest BCUT2D eigenvalue weighted by Gasteiger charge is -2.12. The van der Waals surface area contributed by atoms with Gasteiger partial charge in [0.2, 0.25) is 15.9 Å². The molecular formula is C19H24N2O5S. The first-order valence-corrected chi connectivity index (χ1v) is 9.86. The van der Waals surface area contributed by atoms with Gasteiger partial charge in [-0.25, -0.2) is 12.7 Å². The molecule has 0 spiro atoms. The van der Waals surface area contributed by atoms with Crippen LogP contribution in [-0.4, -0.2) is 46.4 Å². The van der Waals surface area contributed by atoms with E-state index in [9.17, 15) is 13.2 Å². The van der Waals surface area contributed by atoms with Crippen LogP contribution in [0, 0.1) is 0 Å². The highest BCUT2D eigenvalue weighted by atomic mass is 32.2. The predicted octanol–water partition coefficient (Wildman–Crippen LogP) is 2.74.